The normalized spacial score (nSPS) is 10.9. The molecule has 2 aromatic heterocycles. The van der Waals surface area contributed by atoms with Gasteiger partial charge in [-0.25, -0.2) is 4.98 Å². The van der Waals surface area contributed by atoms with Crippen LogP contribution in [0, 0.1) is 0 Å². The third-order valence-electron chi connectivity index (χ3n) is 3.87. The Labute approximate surface area is 135 Å². The minimum Gasteiger partial charge on any atom is -0.468 e. The predicted molar refractivity (Wildman–Crippen MR) is 90.0 cm³/mol. The first-order valence-corrected chi connectivity index (χ1v) is 7.83. The fourth-order valence-electron chi connectivity index (χ4n) is 2.76. The fraction of sp³-hybridized carbons (Fsp3) is 0.263. The zero-order valence-corrected chi connectivity index (χ0v) is 13.5. The van der Waals surface area contributed by atoms with E-state index in [1.54, 1.807) is 6.20 Å². The van der Waals surface area contributed by atoms with Gasteiger partial charge in [0.05, 0.1) is 0 Å². The van der Waals surface area contributed by atoms with E-state index in [4.69, 9.17) is 4.74 Å². The zero-order chi connectivity index (χ0) is 16.2. The van der Waals surface area contributed by atoms with Gasteiger partial charge >= 0.3 is 0 Å². The predicted octanol–water partition coefficient (Wildman–Crippen LogP) is 3.46. The molecule has 0 radical (unpaired) electrons. The van der Waals surface area contributed by atoms with E-state index >= 15 is 0 Å². The molecule has 0 saturated heterocycles. The molecule has 3 rings (SSSR count). The van der Waals surface area contributed by atoms with Crippen LogP contribution in [0.4, 0.5) is 0 Å². The summed E-state index contributed by atoms with van der Waals surface area (Å²) in [5, 5.41) is 0. The van der Waals surface area contributed by atoms with Gasteiger partial charge in [0.15, 0.2) is 5.78 Å². The highest BCUT2D eigenvalue weighted by Crippen LogP contribution is 2.25. The molecule has 0 atom stereocenters. The number of fused-ring (bicyclic) bond motifs is 1. The van der Waals surface area contributed by atoms with Gasteiger partial charge in [0, 0.05) is 24.5 Å². The minimum absolute atomic E-state index is 0.0133. The molecule has 0 aliphatic heterocycles. The molecule has 3 aromatic rings. The highest BCUT2D eigenvalue weighted by Gasteiger charge is 2.14. The van der Waals surface area contributed by atoms with Crippen LogP contribution in [0.5, 0.6) is 5.88 Å². The maximum absolute atomic E-state index is 11.2. The number of nitrogens with zero attached hydrogens (tertiary/aromatic N) is 2. The summed E-state index contributed by atoms with van der Waals surface area (Å²) in [5.41, 5.74) is 4.69. The number of hydrogen-bond donors (Lipinski definition) is 0. The molecule has 0 aliphatic carbocycles. The van der Waals surface area contributed by atoms with E-state index in [1.165, 1.54) is 23.7 Å². The lowest BCUT2D eigenvalue weighted by Crippen LogP contribution is -2.08. The van der Waals surface area contributed by atoms with Gasteiger partial charge in [-0.15, -0.1) is 0 Å². The average Bonchev–Trinajstić information content (AvgIpc) is 2.92. The van der Waals surface area contributed by atoms with E-state index in [1.807, 2.05) is 12.3 Å². The number of carbonyl (C=O) groups excluding carboxylic acids is 1. The van der Waals surface area contributed by atoms with Crippen molar-refractivity contribution in [3.8, 4) is 5.88 Å². The lowest BCUT2D eigenvalue weighted by atomic mass is 10.1. The lowest BCUT2D eigenvalue weighted by molar-refractivity contribution is -0.118. The number of carbonyl (C=O) groups is 1. The maximum atomic E-state index is 11.2. The molecule has 0 fully saturated rings. The molecule has 0 N–H and O–H groups in total. The van der Waals surface area contributed by atoms with Crippen LogP contribution < -0.4 is 4.74 Å². The highest BCUT2D eigenvalue weighted by atomic mass is 16.5. The summed E-state index contributed by atoms with van der Waals surface area (Å²) in [7, 11) is 0. The Balaban J connectivity index is 2.03. The van der Waals surface area contributed by atoms with E-state index in [0.717, 1.165) is 18.4 Å². The van der Waals surface area contributed by atoms with E-state index in [0.29, 0.717) is 5.88 Å². The zero-order valence-electron chi connectivity index (χ0n) is 13.5. The Morgan fingerprint density at radius 1 is 1.26 bits per heavy atom. The first kappa shape index (κ1) is 15.3. The first-order valence-electron chi connectivity index (χ1n) is 7.83. The van der Waals surface area contributed by atoms with Crippen LogP contribution in [0.2, 0.25) is 0 Å². The Bertz CT molecular complexity index is 822. The topological polar surface area (TPSA) is 43.6 Å². The molecule has 23 heavy (non-hydrogen) atoms. The summed E-state index contributed by atoms with van der Waals surface area (Å²) in [6.07, 6.45) is 5.47. The SMILES string of the molecule is CCc1cc2c(OCC(C)=O)nccn2c1Cc1ccccc1. The van der Waals surface area contributed by atoms with Crippen LogP contribution in [-0.2, 0) is 17.6 Å². The first-order chi connectivity index (χ1) is 11.2. The Kier molecular flexibility index (Phi) is 4.42. The number of ether oxygens (including phenoxy) is 1. The number of rotatable bonds is 6. The van der Waals surface area contributed by atoms with Gasteiger partial charge in [-0.3, -0.25) is 4.79 Å². The van der Waals surface area contributed by atoms with Gasteiger partial charge < -0.3 is 9.14 Å². The number of Topliss-reactive ketones (excluding diaryl/α,β-unsaturated/α-hetero) is 1. The second-order valence-electron chi connectivity index (χ2n) is 5.61. The van der Waals surface area contributed by atoms with E-state index in [2.05, 4.69) is 46.6 Å². The molecule has 0 amide bonds. The third kappa shape index (κ3) is 3.26. The van der Waals surface area contributed by atoms with Crippen molar-refractivity contribution in [2.24, 2.45) is 0 Å². The van der Waals surface area contributed by atoms with Gasteiger partial charge in [-0.2, -0.15) is 0 Å². The monoisotopic (exact) mass is 308 g/mol. The van der Waals surface area contributed by atoms with Crippen molar-refractivity contribution in [3.63, 3.8) is 0 Å². The molecule has 2 heterocycles. The Hall–Kier alpha value is -2.62. The molecule has 0 saturated carbocycles. The van der Waals surface area contributed by atoms with Crippen molar-refractivity contribution in [1.82, 2.24) is 9.38 Å². The van der Waals surface area contributed by atoms with Crippen molar-refractivity contribution >= 4 is 11.3 Å². The molecule has 0 bridgehead atoms. The molecular weight excluding hydrogens is 288 g/mol. The minimum atomic E-state index is -0.0133. The molecule has 1 aromatic carbocycles. The summed E-state index contributed by atoms with van der Waals surface area (Å²) in [6, 6.07) is 12.5. The standard InChI is InChI=1S/C19H20N2O2/c1-3-16-12-18-19(23-13-14(2)22)20-9-10-21(18)17(16)11-15-7-5-4-6-8-15/h4-10,12H,3,11,13H2,1-2H3. The highest BCUT2D eigenvalue weighted by molar-refractivity contribution is 5.77. The van der Waals surface area contributed by atoms with Crippen LogP contribution in [-0.4, -0.2) is 21.8 Å². The largest absolute Gasteiger partial charge is 0.468 e. The Morgan fingerprint density at radius 3 is 2.74 bits per heavy atom. The van der Waals surface area contributed by atoms with Gasteiger partial charge in [0.1, 0.15) is 12.1 Å². The van der Waals surface area contributed by atoms with E-state index < -0.39 is 0 Å². The maximum Gasteiger partial charge on any atom is 0.238 e. The summed E-state index contributed by atoms with van der Waals surface area (Å²) in [5.74, 6) is 0.497. The van der Waals surface area contributed by atoms with Gasteiger partial charge in [-0.05, 0) is 30.5 Å². The smallest absolute Gasteiger partial charge is 0.238 e. The molecule has 4 heteroatoms. The Morgan fingerprint density at radius 2 is 2.04 bits per heavy atom. The van der Waals surface area contributed by atoms with Crippen molar-refractivity contribution < 1.29 is 9.53 Å². The molecular formula is C19H20N2O2. The van der Waals surface area contributed by atoms with Crippen molar-refractivity contribution in [1.29, 1.82) is 0 Å². The number of hydrogen-bond acceptors (Lipinski definition) is 3. The fourth-order valence-corrected chi connectivity index (χ4v) is 2.76. The molecule has 118 valence electrons. The number of aromatic nitrogens is 2. The van der Waals surface area contributed by atoms with Crippen LogP contribution in [0.1, 0.15) is 30.7 Å². The van der Waals surface area contributed by atoms with Gasteiger partial charge in [0.2, 0.25) is 5.88 Å². The number of aryl methyl sites for hydroxylation is 1. The molecule has 4 nitrogen and oxygen atoms in total. The van der Waals surface area contributed by atoms with E-state index in [9.17, 15) is 4.79 Å². The second-order valence-corrected chi connectivity index (χ2v) is 5.61. The van der Waals surface area contributed by atoms with Crippen molar-refractivity contribution in [2.45, 2.75) is 26.7 Å². The van der Waals surface area contributed by atoms with Crippen molar-refractivity contribution in [3.05, 3.63) is 65.6 Å². The molecule has 0 aliphatic rings. The summed E-state index contributed by atoms with van der Waals surface area (Å²) in [4.78, 5) is 15.4. The van der Waals surface area contributed by atoms with E-state index in [-0.39, 0.29) is 12.4 Å². The van der Waals surface area contributed by atoms with Crippen molar-refractivity contribution in [2.75, 3.05) is 6.61 Å². The second kappa shape index (κ2) is 6.65. The summed E-state index contributed by atoms with van der Waals surface area (Å²) in [6.45, 7) is 3.71. The van der Waals surface area contributed by atoms with Gasteiger partial charge in [-0.1, -0.05) is 37.3 Å². The van der Waals surface area contributed by atoms with Crippen LogP contribution in [0.3, 0.4) is 0 Å². The quantitative estimate of drug-likeness (QED) is 0.700. The van der Waals surface area contributed by atoms with Crippen LogP contribution in [0.25, 0.3) is 5.52 Å². The lowest BCUT2D eigenvalue weighted by Gasteiger charge is -2.08. The molecule has 0 unspecified atom stereocenters. The number of ketones is 1. The van der Waals surface area contributed by atoms with Gasteiger partial charge in [0.25, 0.3) is 0 Å². The number of benzene rings is 1. The third-order valence-corrected chi connectivity index (χ3v) is 3.87. The average molecular weight is 308 g/mol. The van der Waals surface area contributed by atoms with Crippen LogP contribution in [0.15, 0.2) is 48.8 Å². The van der Waals surface area contributed by atoms with Crippen LogP contribution >= 0.6 is 0 Å². The summed E-state index contributed by atoms with van der Waals surface area (Å²) < 4.78 is 7.68. The molecule has 0 spiro atoms. The summed E-state index contributed by atoms with van der Waals surface area (Å²) >= 11 is 0.